The Morgan fingerprint density at radius 1 is 1.10 bits per heavy atom. The molecule has 41 heavy (non-hydrogen) atoms. The maximum atomic E-state index is 13.0. The van der Waals surface area contributed by atoms with Crippen molar-refractivity contribution in [2.45, 2.75) is 40.5 Å². The molecule has 0 bridgehead atoms. The van der Waals surface area contributed by atoms with Gasteiger partial charge in [-0.15, -0.1) is 11.3 Å². The van der Waals surface area contributed by atoms with Gasteiger partial charge in [0.05, 0.1) is 11.3 Å². The number of carbonyl (C=O) groups is 2. The van der Waals surface area contributed by atoms with Crippen molar-refractivity contribution in [2.75, 3.05) is 31.5 Å². The molecular weight excluding hydrogens is 532 g/mol. The highest BCUT2D eigenvalue weighted by atomic mass is 32.1. The van der Waals surface area contributed by atoms with Gasteiger partial charge >= 0.3 is 0 Å². The zero-order valence-electron chi connectivity index (χ0n) is 24.0. The topological polar surface area (TPSA) is 103 Å². The number of nitrogens with one attached hydrogen (secondary N) is 3. The van der Waals surface area contributed by atoms with E-state index in [0.717, 1.165) is 75.2 Å². The summed E-state index contributed by atoms with van der Waals surface area (Å²) in [6, 6.07) is 9.85. The zero-order chi connectivity index (χ0) is 28.9. The minimum atomic E-state index is -0.131. The summed E-state index contributed by atoms with van der Waals surface area (Å²) in [5.41, 5.74) is 9.18. The highest BCUT2D eigenvalue weighted by molar-refractivity contribution is 7.13. The van der Waals surface area contributed by atoms with Crippen molar-refractivity contribution >= 4 is 40.5 Å². The molecule has 5 rings (SSSR count). The molecule has 8 nitrogen and oxygen atoms in total. The fourth-order valence-corrected chi connectivity index (χ4v) is 6.06. The van der Waals surface area contributed by atoms with Gasteiger partial charge in [0.25, 0.3) is 5.91 Å². The van der Waals surface area contributed by atoms with E-state index >= 15 is 0 Å². The Labute approximate surface area is 244 Å². The minimum Gasteiger partial charge on any atom is -0.359 e. The van der Waals surface area contributed by atoms with Crippen molar-refractivity contribution < 1.29 is 9.59 Å². The molecule has 1 aliphatic heterocycles. The van der Waals surface area contributed by atoms with E-state index in [0.29, 0.717) is 25.0 Å². The van der Waals surface area contributed by atoms with Gasteiger partial charge in [-0.25, -0.2) is 4.98 Å². The van der Waals surface area contributed by atoms with Crippen molar-refractivity contribution in [3.8, 4) is 21.8 Å². The Bertz CT molecular complexity index is 1580. The summed E-state index contributed by atoms with van der Waals surface area (Å²) in [7, 11) is 0. The molecular formula is C32H36N6O2S. The first-order chi connectivity index (χ1) is 19.9. The molecule has 3 N–H and O–H groups in total. The summed E-state index contributed by atoms with van der Waals surface area (Å²) < 4.78 is 0. The maximum Gasteiger partial charge on any atom is 0.256 e. The Morgan fingerprint density at radius 2 is 1.88 bits per heavy atom. The predicted molar refractivity (Wildman–Crippen MR) is 167 cm³/mol. The molecule has 0 unspecified atom stereocenters. The van der Waals surface area contributed by atoms with Crippen LogP contribution in [0.4, 0.5) is 5.69 Å². The largest absolute Gasteiger partial charge is 0.359 e. The second kappa shape index (κ2) is 12.6. The second-order valence-electron chi connectivity index (χ2n) is 10.2. The molecule has 212 valence electrons. The molecule has 0 atom stereocenters. The first-order valence-electron chi connectivity index (χ1n) is 14.1. The van der Waals surface area contributed by atoms with Crippen LogP contribution in [0.5, 0.6) is 0 Å². The third-order valence-corrected chi connectivity index (χ3v) is 8.59. The predicted octanol–water partition coefficient (Wildman–Crippen LogP) is 5.70. The number of H-pyrrole nitrogens is 1. The van der Waals surface area contributed by atoms with Crippen LogP contribution in [-0.2, 0) is 16.0 Å². The van der Waals surface area contributed by atoms with Gasteiger partial charge in [-0.2, -0.15) is 0 Å². The lowest BCUT2D eigenvalue weighted by Crippen LogP contribution is -2.34. The van der Waals surface area contributed by atoms with Gasteiger partial charge in [0, 0.05) is 71.0 Å². The number of thiazole rings is 1. The quantitative estimate of drug-likeness (QED) is 0.202. The standard InChI is InChI=1S/C32H36N6O2S/c1-5-38(6-2)16-15-34-30(39)10-8-24-20(3)28(35-21(24)4)18-26-25-17-23(7-9-27(25)36-31(26)40)29-19-41-32(37-29)22-11-13-33-14-12-22/h7,9,11-14,17-19,35H,5-6,8,10,15-16H2,1-4H3,(H,34,39)(H,36,40). The van der Waals surface area contributed by atoms with Crippen molar-refractivity contribution in [3.05, 3.63) is 76.2 Å². The van der Waals surface area contributed by atoms with Crippen LogP contribution in [-0.4, -0.2) is 57.8 Å². The smallest absolute Gasteiger partial charge is 0.256 e. The van der Waals surface area contributed by atoms with Gasteiger partial charge < -0.3 is 20.5 Å². The number of rotatable bonds is 11. The van der Waals surface area contributed by atoms with Crippen LogP contribution in [0.15, 0.2) is 48.1 Å². The van der Waals surface area contributed by atoms with Crippen LogP contribution < -0.4 is 10.6 Å². The average Bonchev–Trinajstić information content (AvgIpc) is 3.67. The molecule has 0 saturated carbocycles. The first kappa shape index (κ1) is 28.4. The molecule has 3 aromatic heterocycles. The summed E-state index contributed by atoms with van der Waals surface area (Å²) in [6.45, 7) is 11.8. The molecule has 1 aromatic carbocycles. The van der Waals surface area contributed by atoms with Gasteiger partial charge in [0.1, 0.15) is 5.01 Å². The molecule has 4 heterocycles. The number of amides is 2. The molecule has 2 amide bonds. The molecule has 9 heteroatoms. The van der Waals surface area contributed by atoms with Crippen molar-refractivity contribution in [1.82, 2.24) is 25.2 Å². The number of aromatic nitrogens is 3. The normalized spacial score (nSPS) is 13.6. The number of benzene rings is 1. The Morgan fingerprint density at radius 3 is 2.63 bits per heavy atom. The van der Waals surface area contributed by atoms with E-state index in [1.54, 1.807) is 23.7 Å². The number of pyridine rings is 1. The molecule has 0 spiro atoms. The van der Waals surface area contributed by atoms with Crippen LogP contribution in [0.25, 0.3) is 33.5 Å². The number of hydrogen-bond donors (Lipinski definition) is 3. The molecule has 1 aliphatic rings. The number of nitrogens with zero attached hydrogens (tertiary/aromatic N) is 3. The highest BCUT2D eigenvalue weighted by Crippen LogP contribution is 2.38. The van der Waals surface area contributed by atoms with Gasteiger partial charge in [0.15, 0.2) is 0 Å². The zero-order valence-corrected chi connectivity index (χ0v) is 24.8. The van der Waals surface area contributed by atoms with Gasteiger partial charge in [-0.1, -0.05) is 19.9 Å². The van der Waals surface area contributed by atoms with Gasteiger partial charge in [0.2, 0.25) is 5.91 Å². The Hall–Kier alpha value is -4.08. The number of carbonyl (C=O) groups excluding carboxylic acids is 2. The van der Waals surface area contributed by atoms with E-state index < -0.39 is 0 Å². The Balaban J connectivity index is 1.32. The lowest BCUT2D eigenvalue weighted by molar-refractivity contribution is -0.121. The summed E-state index contributed by atoms with van der Waals surface area (Å²) >= 11 is 1.58. The van der Waals surface area contributed by atoms with Crippen molar-refractivity contribution in [3.63, 3.8) is 0 Å². The SMILES string of the molecule is CCN(CC)CCNC(=O)CCc1c(C)[nH]c(C=C2C(=O)Nc3ccc(-c4csc(-c5ccncc5)n4)cc32)c1C. The number of fused-ring (bicyclic) bond motifs is 1. The number of aryl methyl sites for hydroxylation is 1. The van der Waals surface area contributed by atoms with Crippen LogP contribution in [0.1, 0.15) is 48.3 Å². The summed E-state index contributed by atoms with van der Waals surface area (Å²) in [6.07, 6.45) is 6.52. The van der Waals surface area contributed by atoms with E-state index in [1.807, 2.05) is 55.6 Å². The highest BCUT2D eigenvalue weighted by Gasteiger charge is 2.26. The lowest BCUT2D eigenvalue weighted by Gasteiger charge is -2.17. The number of hydrogen-bond acceptors (Lipinski definition) is 6. The average molecular weight is 569 g/mol. The monoisotopic (exact) mass is 568 g/mol. The molecule has 0 aliphatic carbocycles. The first-order valence-corrected chi connectivity index (χ1v) is 15.0. The second-order valence-corrected chi connectivity index (χ2v) is 11.0. The maximum absolute atomic E-state index is 13.0. The van der Waals surface area contributed by atoms with Crippen molar-refractivity contribution in [2.24, 2.45) is 0 Å². The molecule has 0 fully saturated rings. The van der Waals surface area contributed by atoms with E-state index in [2.05, 4.69) is 39.3 Å². The third kappa shape index (κ3) is 6.31. The number of anilines is 1. The minimum absolute atomic E-state index is 0.0582. The summed E-state index contributed by atoms with van der Waals surface area (Å²) in [5, 5.41) is 9.00. The fraction of sp³-hybridized carbons (Fsp3) is 0.312. The van der Waals surface area contributed by atoms with Crippen LogP contribution in [0, 0.1) is 13.8 Å². The van der Waals surface area contributed by atoms with Crippen molar-refractivity contribution in [1.29, 1.82) is 0 Å². The van der Waals surface area contributed by atoms with Crippen LogP contribution in [0.3, 0.4) is 0 Å². The van der Waals surface area contributed by atoms with Gasteiger partial charge in [-0.05, 0) is 74.8 Å². The van der Waals surface area contributed by atoms with E-state index in [9.17, 15) is 9.59 Å². The molecule has 0 radical (unpaired) electrons. The van der Waals surface area contributed by atoms with E-state index in [4.69, 9.17) is 4.98 Å². The fourth-order valence-electron chi connectivity index (χ4n) is 5.22. The van der Waals surface area contributed by atoms with E-state index in [-0.39, 0.29) is 11.8 Å². The molecule has 4 aromatic rings. The lowest BCUT2D eigenvalue weighted by atomic mass is 10.00. The van der Waals surface area contributed by atoms with Crippen LogP contribution >= 0.6 is 11.3 Å². The number of aromatic amines is 1. The molecule has 0 saturated heterocycles. The van der Waals surface area contributed by atoms with E-state index in [1.165, 1.54) is 0 Å². The summed E-state index contributed by atoms with van der Waals surface area (Å²) in [5.74, 6) is -0.0727. The Kier molecular flexibility index (Phi) is 8.75. The number of likely N-dealkylation sites (N-methyl/N-ethyl adjacent to an activating group) is 1. The summed E-state index contributed by atoms with van der Waals surface area (Å²) in [4.78, 5) is 40.1. The van der Waals surface area contributed by atoms with Gasteiger partial charge in [-0.3, -0.25) is 14.6 Å². The third-order valence-electron chi connectivity index (χ3n) is 7.70. The van der Waals surface area contributed by atoms with Crippen LogP contribution in [0.2, 0.25) is 0 Å².